The molecule has 1 aliphatic heterocycles. The van der Waals surface area contributed by atoms with Gasteiger partial charge >= 0.3 is 12.2 Å². The molecule has 0 atom stereocenters. The van der Waals surface area contributed by atoms with Gasteiger partial charge in [-0.15, -0.1) is 0 Å². The summed E-state index contributed by atoms with van der Waals surface area (Å²) in [6, 6.07) is 7.80. The Labute approximate surface area is 211 Å². The number of amides is 2. The van der Waals surface area contributed by atoms with E-state index >= 15 is 0 Å². The SMILES string of the molecule is CC(F)(F)F.Cc1cnc(Nc2cc(NC(=O)N3CCCC3)ccc2C)c(-c2ncnc3nc[nH]c23)c1. The van der Waals surface area contributed by atoms with Crippen molar-refractivity contribution >= 4 is 34.4 Å². The molecule has 5 rings (SSSR count). The normalized spacial score (nSPS) is 13.3. The molecule has 0 aliphatic carbocycles. The smallest absolute Gasteiger partial charge is 0.341 e. The van der Waals surface area contributed by atoms with Gasteiger partial charge in [0.2, 0.25) is 0 Å². The van der Waals surface area contributed by atoms with Gasteiger partial charge in [0.25, 0.3) is 0 Å². The van der Waals surface area contributed by atoms with Crippen molar-refractivity contribution in [3.8, 4) is 11.3 Å². The van der Waals surface area contributed by atoms with Crippen LogP contribution < -0.4 is 10.6 Å². The number of halogens is 3. The van der Waals surface area contributed by atoms with Gasteiger partial charge in [0.15, 0.2) is 5.65 Å². The van der Waals surface area contributed by atoms with Crippen molar-refractivity contribution in [3.05, 3.63) is 54.2 Å². The molecule has 1 aromatic carbocycles. The lowest BCUT2D eigenvalue weighted by atomic mass is 10.1. The van der Waals surface area contributed by atoms with E-state index in [9.17, 15) is 18.0 Å². The number of aromatic nitrogens is 5. The number of fused-ring (bicyclic) bond motifs is 1. The molecule has 9 nitrogen and oxygen atoms in total. The predicted octanol–water partition coefficient (Wildman–Crippen LogP) is 5.97. The number of carbonyl (C=O) groups excluding carboxylic acids is 1. The Morgan fingerprint density at radius 3 is 2.51 bits per heavy atom. The molecule has 2 amide bonds. The number of anilines is 3. The summed E-state index contributed by atoms with van der Waals surface area (Å²) in [5.74, 6) is 0.663. The molecule has 3 aromatic heterocycles. The van der Waals surface area contributed by atoms with Crippen molar-refractivity contribution in [1.29, 1.82) is 0 Å². The van der Waals surface area contributed by atoms with Gasteiger partial charge < -0.3 is 20.5 Å². The third-order valence-electron chi connectivity index (χ3n) is 5.64. The second kappa shape index (κ2) is 10.8. The number of urea groups is 1. The van der Waals surface area contributed by atoms with Crippen LogP contribution >= 0.6 is 0 Å². The van der Waals surface area contributed by atoms with E-state index in [1.54, 1.807) is 6.33 Å². The summed E-state index contributed by atoms with van der Waals surface area (Å²) in [4.78, 5) is 35.0. The van der Waals surface area contributed by atoms with Gasteiger partial charge in [0.05, 0.1) is 6.33 Å². The predicted molar refractivity (Wildman–Crippen MR) is 136 cm³/mol. The fourth-order valence-electron chi connectivity index (χ4n) is 3.90. The largest absolute Gasteiger partial charge is 0.386 e. The number of imidazole rings is 1. The number of alkyl halides is 3. The van der Waals surface area contributed by atoms with Crippen LogP contribution in [0.1, 0.15) is 30.9 Å². The van der Waals surface area contributed by atoms with Gasteiger partial charge in [-0.1, -0.05) is 6.07 Å². The summed E-state index contributed by atoms with van der Waals surface area (Å²) in [6.07, 6.45) is 3.04. The molecule has 1 fully saturated rings. The number of hydrogen-bond donors (Lipinski definition) is 3. The maximum absolute atomic E-state index is 12.5. The minimum Gasteiger partial charge on any atom is -0.341 e. The van der Waals surface area contributed by atoms with E-state index in [0.29, 0.717) is 11.5 Å². The number of aryl methyl sites for hydroxylation is 2. The number of aromatic amines is 1. The lowest BCUT2D eigenvalue weighted by Crippen LogP contribution is -2.32. The van der Waals surface area contributed by atoms with Crippen LogP contribution in [-0.4, -0.2) is 55.1 Å². The third-order valence-corrected chi connectivity index (χ3v) is 5.64. The highest BCUT2D eigenvalue weighted by molar-refractivity contribution is 5.93. The Bertz CT molecular complexity index is 1390. The van der Waals surface area contributed by atoms with Crippen LogP contribution in [0.15, 0.2) is 43.1 Å². The van der Waals surface area contributed by atoms with Gasteiger partial charge in [-0.3, -0.25) is 0 Å². The highest BCUT2D eigenvalue weighted by Gasteiger charge is 2.19. The quantitative estimate of drug-likeness (QED) is 0.311. The maximum Gasteiger partial charge on any atom is 0.386 e. The number of rotatable bonds is 4. The molecule has 0 unspecified atom stereocenters. The lowest BCUT2D eigenvalue weighted by molar-refractivity contribution is -0.110. The summed E-state index contributed by atoms with van der Waals surface area (Å²) in [7, 11) is 0. The first kappa shape index (κ1) is 25.9. The monoisotopic (exact) mass is 512 g/mol. The molecule has 0 saturated carbocycles. The fraction of sp³-hybridized carbons (Fsp3) is 0.320. The Balaban J connectivity index is 0.000000586. The molecular weight excluding hydrogens is 485 g/mol. The van der Waals surface area contributed by atoms with Crippen LogP contribution in [0.25, 0.3) is 22.4 Å². The summed E-state index contributed by atoms with van der Waals surface area (Å²) < 4.78 is 31.1. The molecule has 0 bridgehead atoms. The highest BCUT2D eigenvalue weighted by Crippen LogP contribution is 2.33. The van der Waals surface area contributed by atoms with E-state index in [1.165, 1.54) is 6.33 Å². The molecule has 194 valence electrons. The van der Waals surface area contributed by atoms with Crippen LogP contribution in [0, 0.1) is 13.8 Å². The molecule has 0 spiro atoms. The highest BCUT2D eigenvalue weighted by atomic mass is 19.4. The first-order valence-electron chi connectivity index (χ1n) is 11.7. The van der Waals surface area contributed by atoms with E-state index in [-0.39, 0.29) is 13.0 Å². The van der Waals surface area contributed by atoms with E-state index in [0.717, 1.165) is 65.2 Å². The maximum atomic E-state index is 12.5. The molecule has 4 aromatic rings. The Morgan fingerprint density at radius 1 is 1.05 bits per heavy atom. The second-order valence-electron chi connectivity index (χ2n) is 8.79. The van der Waals surface area contributed by atoms with Crippen molar-refractivity contribution in [2.45, 2.75) is 39.8 Å². The first-order chi connectivity index (χ1) is 17.6. The van der Waals surface area contributed by atoms with Crippen LogP contribution in [0.4, 0.5) is 35.2 Å². The minimum atomic E-state index is -4.00. The number of carbonyl (C=O) groups is 1. The van der Waals surface area contributed by atoms with Crippen molar-refractivity contribution < 1.29 is 18.0 Å². The first-order valence-corrected chi connectivity index (χ1v) is 11.7. The summed E-state index contributed by atoms with van der Waals surface area (Å²) in [5.41, 5.74) is 6.57. The fourth-order valence-corrected chi connectivity index (χ4v) is 3.90. The number of pyridine rings is 1. The number of benzene rings is 1. The second-order valence-corrected chi connectivity index (χ2v) is 8.79. The van der Waals surface area contributed by atoms with E-state index in [2.05, 4.69) is 35.6 Å². The van der Waals surface area contributed by atoms with Crippen molar-refractivity contribution in [2.75, 3.05) is 23.7 Å². The number of H-pyrrole nitrogens is 1. The van der Waals surface area contributed by atoms with Crippen molar-refractivity contribution in [2.24, 2.45) is 0 Å². The Kier molecular flexibility index (Phi) is 7.55. The van der Waals surface area contributed by atoms with Crippen LogP contribution in [0.3, 0.4) is 0 Å². The van der Waals surface area contributed by atoms with E-state index < -0.39 is 6.18 Å². The molecular formula is C25H27F3N8O. The van der Waals surface area contributed by atoms with Crippen LogP contribution in [-0.2, 0) is 0 Å². The van der Waals surface area contributed by atoms with E-state index in [4.69, 9.17) is 0 Å². The number of hydrogen-bond acceptors (Lipinski definition) is 6. The van der Waals surface area contributed by atoms with Gasteiger partial charge in [-0.05, 0) is 56.0 Å². The van der Waals surface area contributed by atoms with Gasteiger partial charge in [0.1, 0.15) is 23.4 Å². The Hall–Kier alpha value is -4.22. The Morgan fingerprint density at radius 2 is 1.78 bits per heavy atom. The molecule has 1 saturated heterocycles. The molecule has 12 heteroatoms. The summed E-state index contributed by atoms with van der Waals surface area (Å²) >= 11 is 0. The van der Waals surface area contributed by atoms with Crippen molar-refractivity contribution in [3.63, 3.8) is 0 Å². The summed E-state index contributed by atoms with van der Waals surface area (Å²) in [5, 5.41) is 6.44. The zero-order valence-corrected chi connectivity index (χ0v) is 20.6. The number of nitrogens with one attached hydrogen (secondary N) is 3. The molecule has 0 radical (unpaired) electrons. The zero-order chi connectivity index (χ0) is 26.6. The van der Waals surface area contributed by atoms with Crippen LogP contribution in [0.5, 0.6) is 0 Å². The molecule has 37 heavy (non-hydrogen) atoms. The number of nitrogens with zero attached hydrogens (tertiary/aromatic N) is 5. The van der Waals surface area contributed by atoms with Gasteiger partial charge in [-0.2, -0.15) is 13.2 Å². The lowest BCUT2D eigenvalue weighted by Gasteiger charge is -2.18. The average molecular weight is 513 g/mol. The van der Waals surface area contributed by atoms with Gasteiger partial charge in [0, 0.05) is 43.1 Å². The average Bonchev–Trinajstić information content (AvgIpc) is 3.53. The summed E-state index contributed by atoms with van der Waals surface area (Å²) in [6.45, 7) is 5.80. The van der Waals surface area contributed by atoms with Crippen molar-refractivity contribution in [1.82, 2.24) is 29.8 Å². The zero-order valence-electron chi connectivity index (χ0n) is 20.6. The number of likely N-dealkylation sites (tertiary alicyclic amines) is 1. The standard InChI is InChI=1S/C23H24N8O.C2H3F3/c1-14-9-17(19-20-22(27-12-25-19)28-13-26-20)21(24-11-14)30-18-10-16(6-5-15(18)2)29-23(32)31-7-3-4-8-31;1-2(3,4)5/h5-6,9-13H,3-4,7-8H2,1-2H3,(H,24,30)(H,29,32)(H,25,26,27,28);1H3. The molecule has 1 aliphatic rings. The molecule has 3 N–H and O–H groups in total. The van der Waals surface area contributed by atoms with Gasteiger partial charge in [-0.25, -0.2) is 24.7 Å². The third kappa shape index (κ3) is 6.72. The topological polar surface area (TPSA) is 112 Å². The minimum absolute atomic E-state index is 0.0610. The van der Waals surface area contributed by atoms with Crippen LogP contribution in [0.2, 0.25) is 0 Å². The molecule has 4 heterocycles. The van der Waals surface area contributed by atoms with E-state index in [1.807, 2.05) is 49.2 Å².